The molecule has 0 spiro atoms. The molecule has 0 aliphatic rings. The van der Waals surface area contributed by atoms with E-state index in [1.807, 2.05) is 30.3 Å². The lowest BCUT2D eigenvalue weighted by molar-refractivity contribution is -0.118. The number of aryl methyl sites for hydroxylation is 1. The lowest BCUT2D eigenvalue weighted by Gasteiger charge is -2.18. The van der Waals surface area contributed by atoms with Crippen LogP contribution >= 0.6 is 0 Å². The Balaban J connectivity index is 1.85. The van der Waals surface area contributed by atoms with Crippen LogP contribution in [-0.4, -0.2) is 22.5 Å². The van der Waals surface area contributed by atoms with Crippen LogP contribution < -0.4 is 16.1 Å². The largest absolute Gasteiger partial charge is 0.328 e. The molecule has 0 unspecified atom stereocenters. The Kier molecular flexibility index (Phi) is 4.29. The van der Waals surface area contributed by atoms with Gasteiger partial charge in [-0.15, -0.1) is 0 Å². The first-order valence-corrected chi connectivity index (χ1v) is 7.61. The predicted octanol–water partition coefficient (Wildman–Crippen LogP) is 1.74. The molecule has 6 nitrogen and oxygen atoms in total. The Morgan fingerprint density at radius 1 is 1.04 bits per heavy atom. The van der Waals surface area contributed by atoms with Gasteiger partial charge in [0, 0.05) is 25.7 Å². The molecule has 3 aromatic rings. The number of aromatic nitrogens is 2. The third-order valence-electron chi connectivity index (χ3n) is 3.97. The second-order valence-corrected chi connectivity index (χ2v) is 5.47. The van der Waals surface area contributed by atoms with Crippen molar-refractivity contribution in [3.8, 4) is 0 Å². The van der Waals surface area contributed by atoms with Gasteiger partial charge in [-0.05, 0) is 24.3 Å². The molecule has 0 atom stereocenters. The molecule has 1 amide bonds. The molecule has 122 valence electrons. The van der Waals surface area contributed by atoms with Crippen LogP contribution in [0.1, 0.15) is 6.42 Å². The van der Waals surface area contributed by atoms with Gasteiger partial charge in [-0.2, -0.15) is 0 Å². The van der Waals surface area contributed by atoms with E-state index in [2.05, 4.69) is 4.98 Å². The Morgan fingerprint density at radius 3 is 2.46 bits per heavy atom. The summed E-state index contributed by atoms with van der Waals surface area (Å²) >= 11 is 0. The van der Waals surface area contributed by atoms with E-state index in [-0.39, 0.29) is 18.9 Å². The maximum atomic E-state index is 12.4. The highest BCUT2D eigenvalue weighted by atomic mass is 16.2. The molecule has 0 bridgehead atoms. The third kappa shape index (κ3) is 2.99. The molecule has 0 saturated carbocycles. The van der Waals surface area contributed by atoms with Crippen molar-refractivity contribution >= 4 is 22.5 Å². The van der Waals surface area contributed by atoms with Crippen molar-refractivity contribution < 1.29 is 4.79 Å². The molecule has 2 aromatic carbocycles. The normalized spacial score (nSPS) is 10.7. The van der Waals surface area contributed by atoms with Crippen LogP contribution in [0.3, 0.4) is 0 Å². The van der Waals surface area contributed by atoms with E-state index in [1.165, 1.54) is 4.57 Å². The Hall–Kier alpha value is -3.15. The number of rotatable bonds is 4. The molecule has 0 saturated heterocycles. The zero-order valence-corrected chi connectivity index (χ0v) is 13.2. The highest BCUT2D eigenvalue weighted by Gasteiger charge is 2.13. The Labute approximate surface area is 138 Å². The molecule has 1 aromatic heterocycles. The lowest BCUT2D eigenvalue weighted by atomic mass is 10.2. The molecule has 24 heavy (non-hydrogen) atoms. The molecule has 0 aliphatic heterocycles. The summed E-state index contributed by atoms with van der Waals surface area (Å²) in [5.41, 5.74) is 0.399. The van der Waals surface area contributed by atoms with E-state index in [9.17, 15) is 14.4 Å². The minimum Gasteiger partial charge on any atom is -0.315 e. The number of nitrogens with zero attached hydrogens (tertiary/aromatic N) is 2. The van der Waals surface area contributed by atoms with Crippen LogP contribution in [-0.2, 0) is 11.3 Å². The second-order valence-electron chi connectivity index (χ2n) is 5.47. The number of benzene rings is 2. The summed E-state index contributed by atoms with van der Waals surface area (Å²) < 4.78 is 1.42. The highest BCUT2D eigenvalue weighted by molar-refractivity contribution is 5.92. The van der Waals surface area contributed by atoms with E-state index < -0.39 is 11.2 Å². The molecule has 0 fully saturated rings. The number of nitrogens with one attached hydrogen (secondary N) is 1. The van der Waals surface area contributed by atoms with Crippen molar-refractivity contribution in [2.75, 3.05) is 11.9 Å². The average Bonchev–Trinajstić information content (AvgIpc) is 2.61. The average molecular weight is 323 g/mol. The van der Waals surface area contributed by atoms with E-state index >= 15 is 0 Å². The first kappa shape index (κ1) is 15.7. The molecule has 0 radical (unpaired) electrons. The lowest BCUT2D eigenvalue weighted by Crippen LogP contribution is -2.33. The number of fused-ring (bicyclic) bond motifs is 1. The fourth-order valence-electron chi connectivity index (χ4n) is 2.64. The Morgan fingerprint density at radius 2 is 1.71 bits per heavy atom. The molecular formula is C18H17N3O3. The number of carbonyl (C=O) groups is 1. The van der Waals surface area contributed by atoms with Crippen LogP contribution in [0.5, 0.6) is 0 Å². The van der Waals surface area contributed by atoms with E-state index in [0.717, 1.165) is 5.69 Å². The zero-order valence-electron chi connectivity index (χ0n) is 13.2. The summed E-state index contributed by atoms with van der Waals surface area (Å²) in [5.74, 6) is -0.108. The number of hydrogen-bond donors (Lipinski definition) is 1. The van der Waals surface area contributed by atoms with Crippen LogP contribution in [0.15, 0.2) is 64.2 Å². The molecule has 1 heterocycles. The van der Waals surface area contributed by atoms with Crippen molar-refractivity contribution in [2.45, 2.75) is 13.0 Å². The summed E-state index contributed by atoms with van der Waals surface area (Å²) in [7, 11) is 1.70. The van der Waals surface area contributed by atoms with Crippen LogP contribution in [0, 0.1) is 0 Å². The molecule has 3 rings (SSSR count). The van der Waals surface area contributed by atoms with Gasteiger partial charge in [-0.25, -0.2) is 4.79 Å². The zero-order chi connectivity index (χ0) is 17.1. The number of anilines is 1. The van der Waals surface area contributed by atoms with E-state index in [0.29, 0.717) is 10.9 Å². The fourth-order valence-corrected chi connectivity index (χ4v) is 2.64. The predicted molar refractivity (Wildman–Crippen MR) is 93.3 cm³/mol. The van der Waals surface area contributed by atoms with Crippen molar-refractivity contribution in [2.24, 2.45) is 0 Å². The van der Waals surface area contributed by atoms with Crippen molar-refractivity contribution in [1.29, 1.82) is 0 Å². The molecule has 1 N–H and O–H groups in total. The number of aromatic amines is 1. The summed E-state index contributed by atoms with van der Waals surface area (Å²) in [6.45, 7) is 0.201. The van der Waals surface area contributed by atoms with Gasteiger partial charge in [0.1, 0.15) is 0 Å². The van der Waals surface area contributed by atoms with Gasteiger partial charge in [0.2, 0.25) is 5.91 Å². The van der Waals surface area contributed by atoms with Gasteiger partial charge in [-0.1, -0.05) is 30.3 Å². The SMILES string of the molecule is CN(C(=O)CCn1c(=O)[nH]c(=O)c2ccccc21)c1ccccc1. The third-order valence-corrected chi connectivity index (χ3v) is 3.97. The number of hydrogen-bond acceptors (Lipinski definition) is 3. The Bertz CT molecular complexity index is 990. The number of H-pyrrole nitrogens is 1. The van der Waals surface area contributed by atoms with Crippen molar-refractivity contribution in [3.05, 3.63) is 75.4 Å². The van der Waals surface area contributed by atoms with Gasteiger partial charge in [-0.3, -0.25) is 19.1 Å². The van der Waals surface area contributed by atoms with Gasteiger partial charge in [0.05, 0.1) is 10.9 Å². The van der Waals surface area contributed by atoms with Crippen LogP contribution in [0.25, 0.3) is 10.9 Å². The van der Waals surface area contributed by atoms with E-state index in [1.54, 1.807) is 36.2 Å². The standard InChI is InChI=1S/C18H17N3O3/c1-20(13-7-3-2-4-8-13)16(22)11-12-21-15-10-6-5-9-14(15)17(23)19-18(21)24/h2-10H,11-12H2,1H3,(H,19,23,24). The van der Waals surface area contributed by atoms with Crippen molar-refractivity contribution in [3.63, 3.8) is 0 Å². The maximum Gasteiger partial charge on any atom is 0.328 e. The van der Waals surface area contributed by atoms with Crippen LogP contribution in [0.2, 0.25) is 0 Å². The van der Waals surface area contributed by atoms with E-state index in [4.69, 9.17) is 0 Å². The van der Waals surface area contributed by atoms with Crippen molar-refractivity contribution in [1.82, 2.24) is 9.55 Å². The summed E-state index contributed by atoms with van der Waals surface area (Å²) in [6.07, 6.45) is 0.154. The number of para-hydroxylation sites is 2. The quantitative estimate of drug-likeness (QED) is 0.795. The molecular weight excluding hydrogens is 306 g/mol. The summed E-state index contributed by atoms with van der Waals surface area (Å²) in [5, 5.41) is 0.431. The smallest absolute Gasteiger partial charge is 0.315 e. The molecule has 0 aliphatic carbocycles. The fraction of sp³-hybridized carbons (Fsp3) is 0.167. The monoisotopic (exact) mass is 323 g/mol. The first-order valence-electron chi connectivity index (χ1n) is 7.61. The summed E-state index contributed by atoms with van der Waals surface area (Å²) in [4.78, 5) is 40.1. The number of carbonyl (C=O) groups excluding carboxylic acids is 1. The highest BCUT2D eigenvalue weighted by Crippen LogP contribution is 2.13. The van der Waals surface area contributed by atoms with Gasteiger partial charge < -0.3 is 4.90 Å². The minimum atomic E-state index is -0.506. The van der Waals surface area contributed by atoms with Crippen LogP contribution in [0.4, 0.5) is 5.69 Å². The number of amides is 1. The second kappa shape index (κ2) is 6.54. The maximum absolute atomic E-state index is 12.4. The minimum absolute atomic E-state index is 0.108. The van der Waals surface area contributed by atoms with Gasteiger partial charge in [0.25, 0.3) is 5.56 Å². The topological polar surface area (TPSA) is 75.2 Å². The van der Waals surface area contributed by atoms with Gasteiger partial charge in [0.15, 0.2) is 0 Å². The summed E-state index contributed by atoms with van der Waals surface area (Å²) in [6, 6.07) is 16.2. The first-order chi connectivity index (χ1) is 11.6. The molecule has 6 heteroatoms. The van der Waals surface area contributed by atoms with Gasteiger partial charge >= 0.3 is 5.69 Å².